The van der Waals surface area contributed by atoms with E-state index in [1.54, 1.807) is 12.1 Å². The second-order valence-corrected chi connectivity index (χ2v) is 11.2. The molecular formula is C23H35N3O3S. The fourth-order valence-electron chi connectivity index (χ4n) is 5.08. The largest absolute Gasteiger partial charge is 0.352 e. The Morgan fingerprint density at radius 2 is 1.77 bits per heavy atom. The van der Waals surface area contributed by atoms with Gasteiger partial charge in [-0.2, -0.15) is 0 Å². The van der Waals surface area contributed by atoms with E-state index < -0.39 is 10.0 Å². The van der Waals surface area contributed by atoms with Crippen molar-refractivity contribution in [3.8, 4) is 0 Å². The van der Waals surface area contributed by atoms with E-state index >= 15 is 0 Å². The summed E-state index contributed by atoms with van der Waals surface area (Å²) in [6.07, 6.45) is 8.16. The highest BCUT2D eigenvalue weighted by atomic mass is 32.2. The molecule has 1 saturated heterocycles. The fourth-order valence-corrected chi connectivity index (χ4v) is 6.15. The molecule has 1 aliphatic heterocycles. The predicted octanol–water partition coefficient (Wildman–Crippen LogP) is 2.47. The van der Waals surface area contributed by atoms with Crippen LogP contribution in [0, 0.1) is 11.8 Å². The molecule has 0 spiro atoms. The van der Waals surface area contributed by atoms with Gasteiger partial charge in [0.1, 0.15) is 0 Å². The number of carbonyl (C=O) groups excluding carboxylic acids is 1. The van der Waals surface area contributed by atoms with Crippen LogP contribution >= 0.6 is 0 Å². The summed E-state index contributed by atoms with van der Waals surface area (Å²) in [7, 11) is -3.51. The highest BCUT2D eigenvalue weighted by Gasteiger charge is 2.29. The van der Waals surface area contributed by atoms with E-state index in [2.05, 4.69) is 21.9 Å². The number of hydrogen-bond acceptors (Lipinski definition) is 4. The van der Waals surface area contributed by atoms with Crippen LogP contribution in [0.3, 0.4) is 0 Å². The van der Waals surface area contributed by atoms with Gasteiger partial charge in [0.2, 0.25) is 15.9 Å². The second-order valence-electron chi connectivity index (χ2n) is 9.45. The van der Waals surface area contributed by atoms with E-state index in [0.717, 1.165) is 68.8 Å². The first-order chi connectivity index (χ1) is 14.4. The van der Waals surface area contributed by atoms with Crippen molar-refractivity contribution in [3.63, 3.8) is 0 Å². The summed E-state index contributed by atoms with van der Waals surface area (Å²) >= 11 is 0. The first-order valence-corrected chi connectivity index (χ1v) is 13.0. The van der Waals surface area contributed by atoms with Crippen LogP contribution < -0.4 is 10.0 Å². The first kappa shape index (κ1) is 21.8. The van der Waals surface area contributed by atoms with Gasteiger partial charge in [0.15, 0.2) is 0 Å². The molecule has 0 bridgehead atoms. The van der Waals surface area contributed by atoms with Crippen molar-refractivity contribution in [1.82, 2.24) is 14.9 Å². The van der Waals surface area contributed by atoms with Crippen LogP contribution in [0.4, 0.5) is 0 Å². The van der Waals surface area contributed by atoms with E-state index in [1.165, 1.54) is 12.8 Å². The minimum atomic E-state index is -3.51. The maximum atomic E-state index is 12.8. The van der Waals surface area contributed by atoms with Crippen molar-refractivity contribution >= 4 is 15.9 Å². The number of rotatable bonds is 7. The smallest absolute Gasteiger partial charge is 0.240 e. The standard InChI is InChI=1S/C23H35N3O3S/c1-17-8-11-26(12-9-17)13-10-24-30(28,29)22-7-6-19-14-21(15-20(19)16-22)25-23(27)18-4-2-3-5-18/h6-7,16-18,21,24H,2-5,8-15H2,1H3,(H,25,27)/t21-/m0/s1. The Kier molecular flexibility index (Phi) is 6.80. The molecule has 0 radical (unpaired) electrons. The first-order valence-electron chi connectivity index (χ1n) is 11.5. The summed E-state index contributed by atoms with van der Waals surface area (Å²) < 4.78 is 28.3. The Morgan fingerprint density at radius 3 is 2.50 bits per heavy atom. The lowest BCUT2D eigenvalue weighted by Crippen LogP contribution is -2.39. The van der Waals surface area contributed by atoms with Crippen molar-refractivity contribution in [2.75, 3.05) is 26.2 Å². The second kappa shape index (κ2) is 9.37. The fraction of sp³-hybridized carbons (Fsp3) is 0.696. The number of hydrogen-bond donors (Lipinski definition) is 2. The topological polar surface area (TPSA) is 78.5 Å². The van der Waals surface area contributed by atoms with E-state index in [4.69, 9.17) is 0 Å². The third-order valence-corrected chi connectivity index (χ3v) is 8.55. The molecule has 1 aromatic rings. The molecule has 2 N–H and O–H groups in total. The molecule has 166 valence electrons. The summed E-state index contributed by atoms with van der Waals surface area (Å²) in [6, 6.07) is 5.49. The Morgan fingerprint density at radius 1 is 1.07 bits per heavy atom. The lowest BCUT2D eigenvalue weighted by Gasteiger charge is -2.30. The van der Waals surface area contributed by atoms with Crippen LogP contribution in [0.25, 0.3) is 0 Å². The zero-order chi connectivity index (χ0) is 21.1. The molecule has 1 atom stereocenters. The van der Waals surface area contributed by atoms with Crippen molar-refractivity contribution in [3.05, 3.63) is 29.3 Å². The average Bonchev–Trinajstić information content (AvgIpc) is 3.38. The highest BCUT2D eigenvalue weighted by Crippen LogP contribution is 2.28. The van der Waals surface area contributed by atoms with E-state index in [1.807, 2.05) is 6.07 Å². The van der Waals surface area contributed by atoms with Gasteiger partial charge in [-0.25, -0.2) is 13.1 Å². The van der Waals surface area contributed by atoms with Gasteiger partial charge in [0.05, 0.1) is 4.90 Å². The molecule has 0 aromatic heterocycles. The zero-order valence-corrected chi connectivity index (χ0v) is 18.8. The molecule has 2 aliphatic carbocycles. The van der Waals surface area contributed by atoms with Gasteiger partial charge in [-0.05, 0) is 80.8 Å². The summed E-state index contributed by atoms with van der Waals surface area (Å²) in [4.78, 5) is 15.1. The third-order valence-electron chi connectivity index (χ3n) is 7.09. The number of likely N-dealkylation sites (tertiary alicyclic amines) is 1. The molecule has 3 aliphatic rings. The van der Waals surface area contributed by atoms with E-state index in [0.29, 0.717) is 17.9 Å². The Bertz CT molecular complexity index is 856. The zero-order valence-electron chi connectivity index (χ0n) is 18.0. The van der Waals surface area contributed by atoms with Crippen molar-refractivity contribution < 1.29 is 13.2 Å². The average molecular weight is 434 g/mol. The maximum Gasteiger partial charge on any atom is 0.240 e. The number of sulfonamides is 1. The molecule has 1 aromatic carbocycles. The molecule has 7 heteroatoms. The Hall–Kier alpha value is -1.44. The number of benzene rings is 1. The summed E-state index contributed by atoms with van der Waals surface area (Å²) in [5.41, 5.74) is 2.19. The minimum absolute atomic E-state index is 0.0838. The summed E-state index contributed by atoms with van der Waals surface area (Å²) in [6.45, 7) is 5.57. The number of piperidine rings is 1. The quantitative estimate of drug-likeness (QED) is 0.692. The third kappa shape index (κ3) is 5.24. The number of amides is 1. The van der Waals surface area contributed by atoms with Crippen molar-refractivity contribution in [2.24, 2.45) is 11.8 Å². The van der Waals surface area contributed by atoms with Gasteiger partial charge in [0, 0.05) is 25.0 Å². The van der Waals surface area contributed by atoms with Gasteiger partial charge in [-0.15, -0.1) is 0 Å². The summed E-state index contributed by atoms with van der Waals surface area (Å²) in [5.74, 6) is 1.11. The molecule has 6 nitrogen and oxygen atoms in total. The monoisotopic (exact) mass is 433 g/mol. The predicted molar refractivity (Wildman–Crippen MR) is 118 cm³/mol. The number of carbonyl (C=O) groups is 1. The maximum absolute atomic E-state index is 12.8. The molecule has 1 saturated carbocycles. The molecule has 2 fully saturated rings. The lowest BCUT2D eigenvalue weighted by atomic mass is 9.99. The van der Waals surface area contributed by atoms with Crippen molar-refractivity contribution in [1.29, 1.82) is 0 Å². The van der Waals surface area contributed by atoms with Crippen LogP contribution in [0.1, 0.15) is 56.6 Å². The molecule has 1 heterocycles. The highest BCUT2D eigenvalue weighted by molar-refractivity contribution is 7.89. The lowest BCUT2D eigenvalue weighted by molar-refractivity contribution is -0.125. The van der Waals surface area contributed by atoms with Crippen LogP contribution in [0.15, 0.2) is 23.1 Å². The normalized spacial score (nSPS) is 23.6. The Labute approximate surface area is 180 Å². The molecular weight excluding hydrogens is 398 g/mol. The van der Waals surface area contributed by atoms with Crippen LogP contribution in [-0.2, 0) is 27.7 Å². The van der Waals surface area contributed by atoms with E-state index in [9.17, 15) is 13.2 Å². The van der Waals surface area contributed by atoms with Gasteiger partial charge < -0.3 is 10.2 Å². The van der Waals surface area contributed by atoms with Gasteiger partial charge >= 0.3 is 0 Å². The van der Waals surface area contributed by atoms with Gasteiger partial charge in [-0.3, -0.25) is 4.79 Å². The van der Waals surface area contributed by atoms with Gasteiger partial charge in [0.25, 0.3) is 0 Å². The molecule has 1 amide bonds. The SMILES string of the molecule is CC1CCN(CCNS(=O)(=O)c2ccc3c(c2)C[C@@H](NC(=O)C2CCCC2)C3)CC1. The number of nitrogens with one attached hydrogen (secondary N) is 2. The molecule has 30 heavy (non-hydrogen) atoms. The molecule has 0 unspecified atom stereocenters. The van der Waals surface area contributed by atoms with Crippen LogP contribution in [0.5, 0.6) is 0 Å². The minimum Gasteiger partial charge on any atom is -0.352 e. The van der Waals surface area contributed by atoms with Crippen LogP contribution in [-0.4, -0.2) is 51.4 Å². The Balaban J connectivity index is 1.30. The number of nitrogens with zero attached hydrogens (tertiary/aromatic N) is 1. The van der Waals surface area contributed by atoms with E-state index in [-0.39, 0.29) is 17.9 Å². The number of fused-ring (bicyclic) bond motifs is 1. The van der Waals surface area contributed by atoms with Crippen LogP contribution in [0.2, 0.25) is 0 Å². The van der Waals surface area contributed by atoms with Crippen molar-refractivity contribution in [2.45, 2.75) is 69.2 Å². The molecule has 4 rings (SSSR count). The van der Waals surface area contributed by atoms with Gasteiger partial charge in [-0.1, -0.05) is 25.8 Å². The summed E-state index contributed by atoms with van der Waals surface area (Å²) in [5, 5.41) is 3.19.